The van der Waals surface area contributed by atoms with Crippen molar-refractivity contribution in [3.05, 3.63) is 33.8 Å². The molecule has 3 heteroatoms. The topological polar surface area (TPSA) is 0 Å². The highest BCUT2D eigenvalue weighted by Crippen LogP contribution is 2.26. The highest BCUT2D eigenvalue weighted by Gasteiger charge is 2.07. The number of hydrogen-bond acceptors (Lipinski definition) is 0. The largest absolute Gasteiger partial charge is 0.0891 e. The monoisotopic (exact) mass is 322 g/mol. The zero-order chi connectivity index (χ0) is 12.0. The van der Waals surface area contributed by atoms with Crippen molar-refractivity contribution in [2.45, 2.75) is 43.9 Å². The molecule has 0 nitrogen and oxygen atoms in total. The molecule has 0 saturated carbocycles. The Morgan fingerprint density at radius 3 is 2.38 bits per heavy atom. The molecule has 90 valence electrons. The summed E-state index contributed by atoms with van der Waals surface area (Å²) in [6.45, 7) is 2.21. The molecule has 1 rings (SSSR count). The predicted octanol–water partition coefficient (Wildman–Crippen LogP) is 5.88. The maximum absolute atomic E-state index is 6.11. The first kappa shape index (κ1) is 14.3. The Bertz CT molecular complexity index is 305. The van der Waals surface area contributed by atoms with E-state index in [-0.39, 0.29) is 0 Å². The smallest absolute Gasteiger partial charge is 0.0452 e. The third-order valence-electron chi connectivity index (χ3n) is 2.61. The molecule has 0 bridgehead atoms. The quantitative estimate of drug-likeness (QED) is 0.573. The Labute approximate surface area is 116 Å². The minimum atomic E-state index is 0.624. The summed E-state index contributed by atoms with van der Waals surface area (Å²) >= 11 is 15.9. The van der Waals surface area contributed by atoms with E-state index in [1.807, 2.05) is 18.2 Å². The second kappa shape index (κ2) is 7.58. The van der Waals surface area contributed by atoms with Gasteiger partial charge in [-0.05, 0) is 43.4 Å². The van der Waals surface area contributed by atoms with Crippen LogP contribution >= 0.6 is 39.1 Å². The summed E-state index contributed by atoms with van der Waals surface area (Å²) in [5.74, 6) is 0. The van der Waals surface area contributed by atoms with Gasteiger partial charge in [0.1, 0.15) is 0 Å². The van der Waals surface area contributed by atoms with E-state index in [4.69, 9.17) is 23.2 Å². The van der Waals surface area contributed by atoms with Gasteiger partial charge in [-0.15, -0.1) is 0 Å². The zero-order valence-electron chi connectivity index (χ0n) is 9.48. The molecule has 0 aliphatic rings. The normalized spacial score (nSPS) is 12.8. The number of rotatable bonds is 6. The maximum atomic E-state index is 6.11. The maximum Gasteiger partial charge on any atom is 0.0452 e. The van der Waals surface area contributed by atoms with E-state index in [0.29, 0.717) is 4.83 Å². The summed E-state index contributed by atoms with van der Waals surface area (Å²) in [6.07, 6.45) is 5.72. The molecule has 1 aromatic rings. The molecule has 0 radical (unpaired) electrons. The molecule has 0 saturated heterocycles. The molecule has 1 atom stereocenters. The number of hydrogen-bond donors (Lipinski definition) is 0. The highest BCUT2D eigenvalue weighted by molar-refractivity contribution is 9.09. The molecule has 0 fully saturated rings. The van der Waals surface area contributed by atoms with Crippen LogP contribution < -0.4 is 0 Å². The lowest BCUT2D eigenvalue weighted by atomic mass is 10.1. The van der Waals surface area contributed by atoms with Crippen molar-refractivity contribution >= 4 is 39.1 Å². The Morgan fingerprint density at radius 1 is 1.19 bits per heavy atom. The van der Waals surface area contributed by atoms with E-state index in [9.17, 15) is 0 Å². The average Bonchev–Trinajstić information content (AvgIpc) is 2.23. The predicted molar refractivity (Wildman–Crippen MR) is 77.0 cm³/mol. The first-order chi connectivity index (χ1) is 7.65. The molecule has 0 heterocycles. The molecule has 1 unspecified atom stereocenters. The van der Waals surface area contributed by atoms with E-state index in [1.165, 1.54) is 19.3 Å². The Morgan fingerprint density at radius 2 is 1.81 bits per heavy atom. The number of halogens is 3. The van der Waals surface area contributed by atoms with Crippen LogP contribution in [0.1, 0.15) is 38.2 Å². The minimum Gasteiger partial charge on any atom is -0.0891 e. The van der Waals surface area contributed by atoms with Gasteiger partial charge in [-0.3, -0.25) is 0 Å². The molecular formula is C13H17BrCl2. The fourth-order valence-electron chi connectivity index (χ4n) is 1.73. The molecule has 0 aliphatic carbocycles. The van der Waals surface area contributed by atoms with Crippen LogP contribution in [0.25, 0.3) is 0 Å². The first-order valence-corrected chi connectivity index (χ1v) is 7.39. The van der Waals surface area contributed by atoms with Crippen LogP contribution in [0.3, 0.4) is 0 Å². The molecule has 0 spiro atoms. The van der Waals surface area contributed by atoms with Gasteiger partial charge in [0.2, 0.25) is 0 Å². The van der Waals surface area contributed by atoms with Gasteiger partial charge in [0.15, 0.2) is 0 Å². The van der Waals surface area contributed by atoms with Crippen molar-refractivity contribution in [3.63, 3.8) is 0 Å². The molecule has 16 heavy (non-hydrogen) atoms. The lowest BCUT2D eigenvalue weighted by molar-refractivity contribution is 0.655. The summed E-state index contributed by atoms with van der Waals surface area (Å²) in [5.41, 5.74) is 1.09. The van der Waals surface area contributed by atoms with Gasteiger partial charge in [-0.25, -0.2) is 0 Å². The summed E-state index contributed by atoms with van der Waals surface area (Å²) in [5, 5.41) is 1.57. The minimum absolute atomic E-state index is 0.624. The van der Waals surface area contributed by atoms with Crippen molar-refractivity contribution in [1.29, 1.82) is 0 Å². The van der Waals surface area contributed by atoms with Crippen molar-refractivity contribution in [2.24, 2.45) is 0 Å². The van der Waals surface area contributed by atoms with Crippen LogP contribution in [-0.4, -0.2) is 4.83 Å². The second-order valence-electron chi connectivity index (χ2n) is 3.98. The standard InChI is InChI=1S/C13H17BrCl2/c1-2-5-10(14)6-3-7-11-12(15)8-4-9-13(11)16/h4,8-10H,2-3,5-7H2,1H3. The summed E-state index contributed by atoms with van der Waals surface area (Å²) < 4.78 is 0. The van der Waals surface area contributed by atoms with Crippen molar-refractivity contribution in [3.8, 4) is 0 Å². The SMILES string of the molecule is CCCC(Br)CCCc1c(Cl)cccc1Cl. The molecule has 0 amide bonds. The number of alkyl halides is 1. The van der Waals surface area contributed by atoms with Gasteiger partial charge >= 0.3 is 0 Å². The third kappa shape index (κ3) is 4.65. The van der Waals surface area contributed by atoms with E-state index in [0.717, 1.165) is 28.5 Å². The average molecular weight is 324 g/mol. The fourth-order valence-corrected chi connectivity index (χ4v) is 3.10. The molecule has 0 aromatic heterocycles. The van der Waals surface area contributed by atoms with E-state index in [2.05, 4.69) is 22.9 Å². The van der Waals surface area contributed by atoms with Gasteiger partial charge < -0.3 is 0 Å². The Hall–Kier alpha value is 0.280. The Kier molecular flexibility index (Phi) is 6.79. The summed E-state index contributed by atoms with van der Waals surface area (Å²) in [6, 6.07) is 5.69. The third-order valence-corrected chi connectivity index (χ3v) is 4.23. The van der Waals surface area contributed by atoms with E-state index in [1.54, 1.807) is 0 Å². The summed E-state index contributed by atoms with van der Waals surface area (Å²) in [4.78, 5) is 0.624. The van der Waals surface area contributed by atoms with Crippen LogP contribution in [0, 0.1) is 0 Å². The Balaban J connectivity index is 2.43. The molecular weight excluding hydrogens is 307 g/mol. The van der Waals surface area contributed by atoms with E-state index >= 15 is 0 Å². The second-order valence-corrected chi connectivity index (χ2v) is 6.09. The van der Waals surface area contributed by atoms with Crippen LogP contribution in [0.5, 0.6) is 0 Å². The highest BCUT2D eigenvalue weighted by atomic mass is 79.9. The van der Waals surface area contributed by atoms with Crippen molar-refractivity contribution < 1.29 is 0 Å². The van der Waals surface area contributed by atoms with Crippen LogP contribution in [-0.2, 0) is 6.42 Å². The zero-order valence-corrected chi connectivity index (χ0v) is 12.6. The van der Waals surface area contributed by atoms with Gasteiger partial charge in [0, 0.05) is 14.9 Å². The van der Waals surface area contributed by atoms with Crippen LogP contribution in [0.2, 0.25) is 10.0 Å². The van der Waals surface area contributed by atoms with Gasteiger partial charge in [-0.2, -0.15) is 0 Å². The van der Waals surface area contributed by atoms with Crippen molar-refractivity contribution in [2.75, 3.05) is 0 Å². The molecule has 1 aromatic carbocycles. The van der Waals surface area contributed by atoms with Crippen LogP contribution in [0.15, 0.2) is 18.2 Å². The lowest BCUT2D eigenvalue weighted by Gasteiger charge is -2.09. The number of benzene rings is 1. The van der Waals surface area contributed by atoms with Gasteiger partial charge in [-0.1, -0.05) is 58.5 Å². The van der Waals surface area contributed by atoms with Crippen LogP contribution in [0.4, 0.5) is 0 Å². The summed E-state index contributed by atoms with van der Waals surface area (Å²) in [7, 11) is 0. The van der Waals surface area contributed by atoms with E-state index < -0.39 is 0 Å². The lowest BCUT2D eigenvalue weighted by Crippen LogP contribution is -1.98. The van der Waals surface area contributed by atoms with Crippen molar-refractivity contribution in [1.82, 2.24) is 0 Å². The van der Waals surface area contributed by atoms with Gasteiger partial charge in [0.05, 0.1) is 0 Å². The van der Waals surface area contributed by atoms with Gasteiger partial charge in [0.25, 0.3) is 0 Å². The first-order valence-electron chi connectivity index (χ1n) is 5.72. The molecule has 0 aliphatic heterocycles. The molecule has 0 N–H and O–H groups in total. The fraction of sp³-hybridized carbons (Fsp3) is 0.538.